The third-order valence-electron chi connectivity index (χ3n) is 3.33. The number of benzene rings is 1. The second kappa shape index (κ2) is 7.72. The molecule has 1 aromatic heterocycles. The molecule has 5 nitrogen and oxygen atoms in total. The van der Waals surface area contributed by atoms with Crippen LogP contribution in [0.1, 0.15) is 18.1 Å². The molecule has 7 heteroatoms. The van der Waals surface area contributed by atoms with Crippen molar-refractivity contribution in [1.29, 1.82) is 0 Å². The Morgan fingerprint density at radius 1 is 1.26 bits per heavy atom. The highest BCUT2D eigenvalue weighted by atomic mass is 32.2. The molecule has 1 amide bonds. The van der Waals surface area contributed by atoms with Crippen molar-refractivity contribution in [3.63, 3.8) is 0 Å². The zero-order chi connectivity index (χ0) is 16.9. The zero-order valence-corrected chi connectivity index (χ0v) is 14.8. The van der Waals surface area contributed by atoms with Crippen LogP contribution >= 0.6 is 11.3 Å². The summed E-state index contributed by atoms with van der Waals surface area (Å²) in [6.45, 7) is 4.47. The summed E-state index contributed by atoms with van der Waals surface area (Å²) >= 11 is 1.17. The van der Waals surface area contributed by atoms with Gasteiger partial charge in [-0.05, 0) is 23.9 Å². The Bertz CT molecular complexity index is 755. The third kappa shape index (κ3) is 5.16. The number of hydrogen-bond acceptors (Lipinski definition) is 4. The van der Waals surface area contributed by atoms with Crippen LogP contribution < -0.4 is 4.72 Å². The van der Waals surface area contributed by atoms with Crippen molar-refractivity contribution < 1.29 is 13.2 Å². The van der Waals surface area contributed by atoms with Gasteiger partial charge in [-0.2, -0.15) is 0 Å². The molecule has 0 fully saturated rings. The summed E-state index contributed by atoms with van der Waals surface area (Å²) in [5, 5.41) is 1.72. The number of hydrogen-bond donors (Lipinski definition) is 1. The molecular weight excluding hydrogens is 332 g/mol. The van der Waals surface area contributed by atoms with E-state index in [0.717, 1.165) is 11.1 Å². The van der Waals surface area contributed by atoms with Gasteiger partial charge in [0, 0.05) is 26.6 Å². The van der Waals surface area contributed by atoms with Crippen LogP contribution in [0.4, 0.5) is 0 Å². The number of carbonyl (C=O) groups excluding carboxylic acids is 1. The summed E-state index contributed by atoms with van der Waals surface area (Å²) in [7, 11) is -3.49. The first-order chi connectivity index (χ1) is 10.9. The summed E-state index contributed by atoms with van der Waals surface area (Å²) < 4.78 is 26.9. The van der Waals surface area contributed by atoms with Crippen molar-refractivity contribution in [1.82, 2.24) is 9.62 Å². The Labute approximate surface area is 141 Å². The van der Waals surface area contributed by atoms with Crippen LogP contribution in [0.2, 0.25) is 0 Å². The predicted molar refractivity (Wildman–Crippen MR) is 91.8 cm³/mol. The monoisotopic (exact) mass is 352 g/mol. The first-order valence-electron chi connectivity index (χ1n) is 7.23. The smallest absolute Gasteiger partial charge is 0.250 e. The van der Waals surface area contributed by atoms with Crippen LogP contribution in [0.15, 0.2) is 46.0 Å². The minimum Gasteiger partial charge on any atom is -0.337 e. The summed E-state index contributed by atoms with van der Waals surface area (Å²) in [6, 6.07) is 11.2. The van der Waals surface area contributed by atoms with E-state index in [9.17, 15) is 13.2 Å². The van der Waals surface area contributed by atoms with Crippen molar-refractivity contribution in [3.05, 3.63) is 52.9 Å². The molecule has 0 radical (unpaired) electrons. The van der Waals surface area contributed by atoms with E-state index < -0.39 is 10.0 Å². The van der Waals surface area contributed by atoms with E-state index in [1.54, 1.807) is 22.4 Å². The van der Waals surface area contributed by atoms with E-state index in [1.165, 1.54) is 18.3 Å². The van der Waals surface area contributed by atoms with Gasteiger partial charge in [0.15, 0.2) is 0 Å². The van der Waals surface area contributed by atoms with Crippen LogP contribution in [0.25, 0.3) is 0 Å². The van der Waals surface area contributed by atoms with E-state index in [-0.39, 0.29) is 16.7 Å². The third-order valence-corrected chi connectivity index (χ3v) is 6.19. The number of amides is 1. The molecule has 0 saturated heterocycles. The SMILES string of the molecule is CC(=O)N(CCNS(=O)(=O)c1cccs1)Cc1cccc(C)c1. The second-order valence-corrected chi connectivity index (χ2v) is 8.20. The molecule has 0 unspecified atom stereocenters. The van der Waals surface area contributed by atoms with Crippen LogP contribution in [0.5, 0.6) is 0 Å². The zero-order valence-electron chi connectivity index (χ0n) is 13.2. The quantitative estimate of drug-likeness (QED) is 0.832. The number of thiophene rings is 1. The summed E-state index contributed by atoms with van der Waals surface area (Å²) in [6.07, 6.45) is 0. The molecule has 124 valence electrons. The molecule has 2 aromatic rings. The fourth-order valence-electron chi connectivity index (χ4n) is 2.18. The molecule has 0 spiro atoms. The van der Waals surface area contributed by atoms with Crippen molar-refractivity contribution in [2.45, 2.75) is 24.6 Å². The molecule has 2 rings (SSSR count). The lowest BCUT2D eigenvalue weighted by Gasteiger charge is -2.21. The topological polar surface area (TPSA) is 66.5 Å². The summed E-state index contributed by atoms with van der Waals surface area (Å²) in [5.41, 5.74) is 2.16. The Hall–Kier alpha value is -1.70. The van der Waals surface area contributed by atoms with E-state index >= 15 is 0 Å². The van der Waals surface area contributed by atoms with Gasteiger partial charge in [-0.25, -0.2) is 13.1 Å². The van der Waals surface area contributed by atoms with Crippen molar-refractivity contribution in [3.8, 4) is 0 Å². The Morgan fingerprint density at radius 3 is 2.65 bits per heavy atom. The maximum absolute atomic E-state index is 12.0. The number of rotatable bonds is 7. The van der Waals surface area contributed by atoms with Gasteiger partial charge in [0.1, 0.15) is 4.21 Å². The average Bonchev–Trinajstić information content (AvgIpc) is 3.01. The maximum Gasteiger partial charge on any atom is 0.250 e. The maximum atomic E-state index is 12.0. The van der Waals surface area contributed by atoms with Crippen molar-refractivity contribution in [2.24, 2.45) is 0 Å². The Kier molecular flexibility index (Phi) is 5.92. The molecule has 0 saturated carbocycles. The molecular formula is C16H20N2O3S2. The predicted octanol–water partition coefficient (Wildman–Crippen LogP) is 2.38. The van der Waals surface area contributed by atoms with Crippen LogP contribution in [0.3, 0.4) is 0 Å². The van der Waals surface area contributed by atoms with E-state index in [2.05, 4.69) is 4.72 Å². The number of aryl methyl sites for hydroxylation is 1. The fourth-order valence-corrected chi connectivity index (χ4v) is 4.24. The molecule has 0 aliphatic rings. The van der Waals surface area contributed by atoms with Gasteiger partial charge in [-0.3, -0.25) is 4.79 Å². The number of carbonyl (C=O) groups is 1. The number of sulfonamides is 1. The molecule has 1 N–H and O–H groups in total. The van der Waals surface area contributed by atoms with Gasteiger partial charge in [0.2, 0.25) is 15.9 Å². The molecule has 1 aromatic carbocycles. The van der Waals surface area contributed by atoms with Gasteiger partial charge in [0.25, 0.3) is 0 Å². The average molecular weight is 352 g/mol. The van der Waals surface area contributed by atoms with Crippen LogP contribution in [-0.2, 0) is 21.4 Å². The van der Waals surface area contributed by atoms with Gasteiger partial charge in [-0.15, -0.1) is 11.3 Å². The van der Waals surface area contributed by atoms with Gasteiger partial charge >= 0.3 is 0 Å². The van der Waals surface area contributed by atoms with Crippen molar-refractivity contribution in [2.75, 3.05) is 13.1 Å². The van der Waals surface area contributed by atoms with Gasteiger partial charge in [0.05, 0.1) is 0 Å². The normalized spacial score (nSPS) is 11.4. The molecule has 23 heavy (non-hydrogen) atoms. The minimum absolute atomic E-state index is 0.0816. The number of nitrogens with one attached hydrogen (secondary N) is 1. The highest BCUT2D eigenvalue weighted by molar-refractivity contribution is 7.91. The molecule has 0 aliphatic heterocycles. The molecule has 0 bridgehead atoms. The summed E-state index contributed by atoms with van der Waals surface area (Å²) in [5.74, 6) is -0.0816. The Morgan fingerprint density at radius 2 is 2.04 bits per heavy atom. The van der Waals surface area contributed by atoms with Gasteiger partial charge < -0.3 is 4.90 Å². The minimum atomic E-state index is -3.49. The first-order valence-corrected chi connectivity index (χ1v) is 9.59. The standard InChI is InChI=1S/C16H20N2O3S2/c1-13-5-3-6-15(11-13)12-18(14(2)19)9-8-17-23(20,21)16-7-4-10-22-16/h3-7,10-11,17H,8-9,12H2,1-2H3. The largest absolute Gasteiger partial charge is 0.337 e. The van der Waals surface area contributed by atoms with Crippen LogP contribution in [0, 0.1) is 6.92 Å². The lowest BCUT2D eigenvalue weighted by molar-refractivity contribution is -0.129. The first kappa shape index (κ1) is 17.7. The lowest BCUT2D eigenvalue weighted by atomic mass is 10.1. The van der Waals surface area contributed by atoms with Crippen LogP contribution in [-0.4, -0.2) is 32.3 Å². The molecule has 1 heterocycles. The lowest BCUT2D eigenvalue weighted by Crippen LogP contribution is -2.37. The Balaban J connectivity index is 1.94. The van der Waals surface area contributed by atoms with E-state index in [1.807, 2.05) is 31.2 Å². The molecule has 0 aliphatic carbocycles. The summed E-state index contributed by atoms with van der Waals surface area (Å²) in [4.78, 5) is 13.4. The van der Waals surface area contributed by atoms with E-state index in [0.29, 0.717) is 13.1 Å². The second-order valence-electron chi connectivity index (χ2n) is 5.26. The number of nitrogens with zero attached hydrogens (tertiary/aromatic N) is 1. The van der Waals surface area contributed by atoms with Crippen molar-refractivity contribution >= 4 is 27.3 Å². The highest BCUT2D eigenvalue weighted by Crippen LogP contribution is 2.15. The highest BCUT2D eigenvalue weighted by Gasteiger charge is 2.16. The van der Waals surface area contributed by atoms with Gasteiger partial charge in [-0.1, -0.05) is 35.9 Å². The molecule has 0 atom stereocenters. The fraction of sp³-hybridized carbons (Fsp3) is 0.312. The van der Waals surface area contributed by atoms with E-state index in [4.69, 9.17) is 0 Å².